The molecule has 2 saturated carbocycles. The molecule has 0 aromatic heterocycles. The van der Waals surface area contributed by atoms with Gasteiger partial charge >= 0.3 is 0 Å². The average molecular weight is 264 g/mol. The van der Waals surface area contributed by atoms with Crippen LogP contribution in [0.1, 0.15) is 51.4 Å². The highest BCUT2D eigenvalue weighted by Crippen LogP contribution is 2.42. The minimum Gasteiger partial charge on any atom is -0.356 e. The second kappa shape index (κ2) is 6.25. The van der Waals surface area contributed by atoms with Crippen LogP contribution in [0.2, 0.25) is 0 Å². The first-order valence-corrected chi connectivity index (χ1v) is 8.31. The molecule has 3 aliphatic rings. The summed E-state index contributed by atoms with van der Waals surface area (Å²) >= 11 is 0. The number of hydrogen-bond acceptors (Lipinski definition) is 2. The van der Waals surface area contributed by atoms with Gasteiger partial charge in [-0.25, -0.2) is 0 Å². The van der Waals surface area contributed by atoms with Crippen molar-refractivity contribution in [3.05, 3.63) is 0 Å². The third-order valence-electron chi connectivity index (χ3n) is 5.64. The fraction of sp³-hybridized carbons (Fsp3) is 0.938. The Morgan fingerprint density at radius 3 is 2.68 bits per heavy atom. The Kier molecular flexibility index (Phi) is 4.42. The van der Waals surface area contributed by atoms with E-state index < -0.39 is 0 Å². The molecule has 1 aliphatic heterocycles. The summed E-state index contributed by atoms with van der Waals surface area (Å²) in [6.45, 7) is 3.08. The third kappa shape index (κ3) is 3.31. The number of amides is 1. The van der Waals surface area contributed by atoms with Gasteiger partial charge in [-0.3, -0.25) is 4.79 Å². The molecule has 4 unspecified atom stereocenters. The zero-order chi connectivity index (χ0) is 13.1. The fourth-order valence-electron chi connectivity index (χ4n) is 4.39. The normalized spacial score (nSPS) is 38.7. The van der Waals surface area contributed by atoms with Crippen molar-refractivity contribution in [1.82, 2.24) is 10.6 Å². The Balaban J connectivity index is 1.44. The van der Waals surface area contributed by atoms with Crippen LogP contribution in [-0.2, 0) is 4.79 Å². The maximum Gasteiger partial charge on any atom is 0.223 e. The van der Waals surface area contributed by atoms with Gasteiger partial charge in [0.1, 0.15) is 0 Å². The number of rotatable bonds is 3. The molecule has 19 heavy (non-hydrogen) atoms. The first-order valence-electron chi connectivity index (χ1n) is 8.31. The molecule has 0 bridgehead atoms. The predicted octanol–water partition coefficient (Wildman–Crippen LogP) is 2.32. The molecule has 4 atom stereocenters. The number of nitrogens with one attached hydrogen (secondary N) is 2. The van der Waals surface area contributed by atoms with E-state index in [-0.39, 0.29) is 0 Å². The van der Waals surface area contributed by atoms with Gasteiger partial charge in [0.05, 0.1) is 0 Å². The zero-order valence-corrected chi connectivity index (χ0v) is 12.0. The van der Waals surface area contributed by atoms with Gasteiger partial charge in [0.15, 0.2) is 0 Å². The average Bonchev–Trinajstić information content (AvgIpc) is 2.97. The maximum absolute atomic E-state index is 12.3. The van der Waals surface area contributed by atoms with Crippen molar-refractivity contribution in [2.24, 2.45) is 23.7 Å². The van der Waals surface area contributed by atoms with Crippen LogP contribution in [0.15, 0.2) is 0 Å². The molecule has 3 rings (SSSR count). The summed E-state index contributed by atoms with van der Waals surface area (Å²) in [4.78, 5) is 12.3. The van der Waals surface area contributed by atoms with Gasteiger partial charge in [-0.15, -0.1) is 0 Å². The Bertz CT molecular complexity index is 312. The second-order valence-corrected chi connectivity index (χ2v) is 6.92. The van der Waals surface area contributed by atoms with E-state index in [9.17, 15) is 4.79 Å². The molecule has 108 valence electrons. The number of carbonyl (C=O) groups excluding carboxylic acids is 1. The van der Waals surface area contributed by atoms with Crippen LogP contribution in [0.5, 0.6) is 0 Å². The van der Waals surface area contributed by atoms with Crippen molar-refractivity contribution in [1.29, 1.82) is 0 Å². The van der Waals surface area contributed by atoms with Gasteiger partial charge in [0.2, 0.25) is 5.91 Å². The minimum absolute atomic E-state index is 0.314. The minimum atomic E-state index is 0.314. The maximum atomic E-state index is 12.3. The molecular formula is C16H28N2O. The zero-order valence-electron chi connectivity index (χ0n) is 12.0. The van der Waals surface area contributed by atoms with Crippen molar-refractivity contribution in [3.8, 4) is 0 Å². The first kappa shape index (κ1) is 13.4. The standard InChI is InChI=1S/C16H28N2O/c19-16(18-11-12-7-8-17-10-12)15-6-5-13-3-1-2-4-14(13)9-15/h12-15,17H,1-11H2,(H,18,19). The van der Waals surface area contributed by atoms with Crippen molar-refractivity contribution >= 4 is 5.91 Å². The number of carbonyl (C=O) groups is 1. The van der Waals surface area contributed by atoms with Crippen LogP contribution in [0.25, 0.3) is 0 Å². The molecule has 2 N–H and O–H groups in total. The molecule has 0 aromatic rings. The molecule has 1 heterocycles. The topological polar surface area (TPSA) is 41.1 Å². The van der Waals surface area contributed by atoms with E-state index in [0.29, 0.717) is 17.7 Å². The number of fused-ring (bicyclic) bond motifs is 1. The van der Waals surface area contributed by atoms with Crippen LogP contribution in [0.3, 0.4) is 0 Å². The second-order valence-electron chi connectivity index (χ2n) is 6.92. The molecule has 0 radical (unpaired) electrons. The Morgan fingerprint density at radius 1 is 1.05 bits per heavy atom. The Labute approximate surface area is 116 Å². The first-order chi connectivity index (χ1) is 9.33. The van der Waals surface area contributed by atoms with Gasteiger partial charge in [-0.1, -0.05) is 25.7 Å². The number of hydrogen-bond donors (Lipinski definition) is 2. The summed E-state index contributed by atoms with van der Waals surface area (Å²) in [7, 11) is 0. The van der Waals surface area contributed by atoms with E-state index in [1.165, 1.54) is 44.9 Å². The van der Waals surface area contributed by atoms with Crippen LogP contribution in [-0.4, -0.2) is 25.5 Å². The van der Waals surface area contributed by atoms with Gasteiger partial charge in [0, 0.05) is 12.5 Å². The summed E-state index contributed by atoms with van der Waals surface area (Å²) in [5.74, 6) is 3.11. The van der Waals surface area contributed by atoms with Crippen LogP contribution in [0, 0.1) is 23.7 Å². The van der Waals surface area contributed by atoms with E-state index in [1.807, 2.05) is 0 Å². The smallest absolute Gasteiger partial charge is 0.223 e. The van der Waals surface area contributed by atoms with Gasteiger partial charge in [0.25, 0.3) is 0 Å². The van der Waals surface area contributed by atoms with Crippen LogP contribution >= 0.6 is 0 Å². The summed E-state index contributed by atoms with van der Waals surface area (Å²) < 4.78 is 0. The molecule has 2 aliphatic carbocycles. The predicted molar refractivity (Wildman–Crippen MR) is 76.8 cm³/mol. The molecule has 1 amide bonds. The summed E-state index contributed by atoms with van der Waals surface area (Å²) in [5, 5.41) is 6.57. The van der Waals surface area contributed by atoms with Gasteiger partial charge in [-0.2, -0.15) is 0 Å². The summed E-state index contributed by atoms with van der Waals surface area (Å²) in [6, 6.07) is 0. The molecule has 0 aromatic carbocycles. The fourth-order valence-corrected chi connectivity index (χ4v) is 4.39. The van der Waals surface area contributed by atoms with E-state index in [1.54, 1.807) is 0 Å². The van der Waals surface area contributed by atoms with E-state index in [0.717, 1.165) is 37.9 Å². The van der Waals surface area contributed by atoms with E-state index in [4.69, 9.17) is 0 Å². The monoisotopic (exact) mass is 264 g/mol. The molecule has 3 heteroatoms. The largest absolute Gasteiger partial charge is 0.356 e. The summed E-state index contributed by atoms with van der Waals surface area (Å²) in [6.07, 6.45) is 10.4. The molecular weight excluding hydrogens is 236 g/mol. The van der Waals surface area contributed by atoms with Gasteiger partial charge in [-0.05, 0) is 56.5 Å². The van der Waals surface area contributed by atoms with Crippen molar-refractivity contribution in [2.75, 3.05) is 19.6 Å². The lowest BCUT2D eigenvalue weighted by Gasteiger charge is -2.38. The van der Waals surface area contributed by atoms with Gasteiger partial charge < -0.3 is 10.6 Å². The van der Waals surface area contributed by atoms with Crippen molar-refractivity contribution < 1.29 is 4.79 Å². The van der Waals surface area contributed by atoms with Crippen molar-refractivity contribution in [2.45, 2.75) is 51.4 Å². The van der Waals surface area contributed by atoms with Crippen LogP contribution < -0.4 is 10.6 Å². The quantitative estimate of drug-likeness (QED) is 0.821. The lowest BCUT2D eigenvalue weighted by atomic mass is 9.67. The Hall–Kier alpha value is -0.570. The highest BCUT2D eigenvalue weighted by molar-refractivity contribution is 5.78. The lowest BCUT2D eigenvalue weighted by molar-refractivity contribution is -0.127. The van der Waals surface area contributed by atoms with E-state index >= 15 is 0 Å². The van der Waals surface area contributed by atoms with Crippen molar-refractivity contribution in [3.63, 3.8) is 0 Å². The Morgan fingerprint density at radius 2 is 1.89 bits per heavy atom. The highest BCUT2D eigenvalue weighted by atomic mass is 16.1. The summed E-state index contributed by atoms with van der Waals surface area (Å²) in [5.41, 5.74) is 0. The lowest BCUT2D eigenvalue weighted by Crippen LogP contribution is -2.39. The highest BCUT2D eigenvalue weighted by Gasteiger charge is 2.35. The van der Waals surface area contributed by atoms with E-state index in [2.05, 4.69) is 10.6 Å². The third-order valence-corrected chi connectivity index (χ3v) is 5.64. The molecule has 0 spiro atoms. The molecule has 3 nitrogen and oxygen atoms in total. The molecule has 1 saturated heterocycles. The molecule has 3 fully saturated rings. The SMILES string of the molecule is O=C(NCC1CCNC1)C1CCC2CCCCC2C1. The van der Waals surface area contributed by atoms with Crippen LogP contribution in [0.4, 0.5) is 0 Å².